The van der Waals surface area contributed by atoms with Crippen molar-refractivity contribution < 1.29 is 14.6 Å². The third-order valence-electron chi connectivity index (χ3n) is 6.23. The Balaban J connectivity index is 1.69. The number of thiazole rings is 1. The summed E-state index contributed by atoms with van der Waals surface area (Å²) in [6, 6.07) is 9.47. The fraction of sp³-hybridized carbons (Fsp3) is 0.370. The van der Waals surface area contributed by atoms with Gasteiger partial charge in [-0.3, -0.25) is 0 Å². The Hall–Kier alpha value is -2.94. The van der Waals surface area contributed by atoms with E-state index >= 15 is 0 Å². The molecule has 9 heteroatoms. The number of carboxylic acids is 1. The summed E-state index contributed by atoms with van der Waals surface area (Å²) < 4.78 is 7.04. The van der Waals surface area contributed by atoms with Gasteiger partial charge < -0.3 is 19.7 Å². The van der Waals surface area contributed by atoms with Crippen molar-refractivity contribution in [2.24, 2.45) is 0 Å². The number of carboxylic acid groups (broad SMARTS) is 1. The molecule has 4 aromatic rings. The minimum atomic E-state index is -1.13. The smallest absolute Gasteiger partial charge is 0.337 e. The van der Waals surface area contributed by atoms with Crippen LogP contribution in [0.1, 0.15) is 55.2 Å². The summed E-state index contributed by atoms with van der Waals surface area (Å²) in [5, 5.41) is 11.8. The monoisotopic (exact) mass is 524 g/mol. The Labute approximate surface area is 219 Å². The van der Waals surface area contributed by atoms with Crippen LogP contribution in [0.4, 0.5) is 5.13 Å². The van der Waals surface area contributed by atoms with E-state index in [4.69, 9.17) is 21.3 Å². The number of rotatable bonds is 5. The Morgan fingerprint density at radius 2 is 1.94 bits per heavy atom. The lowest BCUT2D eigenvalue weighted by Crippen LogP contribution is -2.30. The highest BCUT2D eigenvalue weighted by molar-refractivity contribution is 7.22. The van der Waals surface area contributed by atoms with E-state index in [0.717, 1.165) is 62.2 Å². The number of nitrogens with zero attached hydrogens (tertiary/aromatic N) is 3. The molecule has 188 valence electrons. The predicted octanol–water partition coefficient (Wildman–Crippen LogP) is 6.46. The van der Waals surface area contributed by atoms with E-state index < -0.39 is 17.7 Å². The SMILES string of the molecule is Cc1nc2c([nH]1)CN(c1nc3cc(C)c([C@H](OC(C)(C)C)C(=O)O)c(-c4ccc(Cl)cc4)c3s1)CC2. The molecule has 0 spiro atoms. The van der Waals surface area contributed by atoms with Crippen LogP contribution in [0.3, 0.4) is 0 Å². The molecule has 3 heterocycles. The number of ether oxygens (including phenoxy) is 1. The minimum Gasteiger partial charge on any atom is -0.479 e. The Morgan fingerprint density at radius 3 is 2.61 bits per heavy atom. The number of aliphatic carboxylic acids is 1. The van der Waals surface area contributed by atoms with E-state index in [9.17, 15) is 9.90 Å². The van der Waals surface area contributed by atoms with Crippen LogP contribution in [0.2, 0.25) is 5.02 Å². The molecule has 2 aromatic carbocycles. The minimum absolute atomic E-state index is 0.619. The average Bonchev–Trinajstić information content (AvgIpc) is 3.38. The second-order valence-electron chi connectivity index (χ2n) is 10.2. The van der Waals surface area contributed by atoms with Crippen molar-refractivity contribution in [2.75, 3.05) is 11.4 Å². The first-order chi connectivity index (χ1) is 17.0. The van der Waals surface area contributed by atoms with Crippen LogP contribution in [0.15, 0.2) is 30.3 Å². The maximum absolute atomic E-state index is 12.5. The van der Waals surface area contributed by atoms with E-state index in [2.05, 4.69) is 14.9 Å². The van der Waals surface area contributed by atoms with E-state index in [0.29, 0.717) is 17.1 Å². The Bertz CT molecular complexity index is 1450. The van der Waals surface area contributed by atoms with Gasteiger partial charge >= 0.3 is 5.97 Å². The number of nitrogens with one attached hydrogen (secondary N) is 1. The lowest BCUT2D eigenvalue weighted by atomic mass is 9.91. The number of hydrogen-bond acceptors (Lipinski definition) is 6. The third-order valence-corrected chi connectivity index (χ3v) is 7.63. The topological polar surface area (TPSA) is 91.3 Å². The molecule has 2 N–H and O–H groups in total. The number of aromatic amines is 1. The summed E-state index contributed by atoms with van der Waals surface area (Å²) in [6.45, 7) is 11.0. The summed E-state index contributed by atoms with van der Waals surface area (Å²) in [5.41, 5.74) is 5.62. The van der Waals surface area contributed by atoms with E-state index in [1.807, 2.05) is 65.0 Å². The zero-order valence-electron chi connectivity index (χ0n) is 21.0. The van der Waals surface area contributed by atoms with E-state index in [1.165, 1.54) is 0 Å². The quantitative estimate of drug-likeness (QED) is 0.311. The van der Waals surface area contributed by atoms with Crippen LogP contribution in [-0.2, 0) is 22.5 Å². The second-order valence-corrected chi connectivity index (χ2v) is 11.6. The fourth-order valence-electron chi connectivity index (χ4n) is 4.76. The number of aromatic nitrogens is 3. The van der Waals surface area contributed by atoms with Crippen molar-refractivity contribution in [1.29, 1.82) is 0 Å². The van der Waals surface area contributed by atoms with Gasteiger partial charge in [-0.2, -0.15) is 0 Å². The number of benzene rings is 2. The molecule has 0 bridgehead atoms. The van der Waals surface area contributed by atoms with Gasteiger partial charge in [0.25, 0.3) is 0 Å². The third kappa shape index (κ3) is 4.73. The standard InChI is InChI=1S/C27H29ClN4O3S/c1-14-12-19-24(36-26(31-19)32-11-10-18-20(13-32)30-15(2)29-18)22(16-6-8-17(28)9-7-16)21(14)23(25(33)34)35-27(3,4)5/h6-9,12,23H,10-11,13H2,1-5H3,(H,29,30)(H,33,34)/t23-/m0/s1. The number of halogens is 1. The largest absolute Gasteiger partial charge is 0.479 e. The molecular weight excluding hydrogens is 496 g/mol. The maximum Gasteiger partial charge on any atom is 0.337 e. The van der Waals surface area contributed by atoms with Crippen molar-refractivity contribution in [1.82, 2.24) is 15.0 Å². The molecule has 0 unspecified atom stereocenters. The highest BCUT2D eigenvalue weighted by Gasteiger charge is 2.33. The molecule has 0 radical (unpaired) electrons. The van der Waals surface area contributed by atoms with Gasteiger partial charge in [-0.1, -0.05) is 35.1 Å². The van der Waals surface area contributed by atoms with Gasteiger partial charge in [-0.25, -0.2) is 14.8 Å². The molecule has 0 amide bonds. The number of imidazole rings is 1. The lowest BCUT2D eigenvalue weighted by molar-refractivity contribution is -0.160. The van der Waals surface area contributed by atoms with Crippen molar-refractivity contribution in [3.05, 3.63) is 63.7 Å². The first-order valence-electron chi connectivity index (χ1n) is 11.9. The van der Waals surface area contributed by atoms with Crippen molar-refractivity contribution in [3.63, 3.8) is 0 Å². The summed E-state index contributed by atoms with van der Waals surface area (Å²) in [6.07, 6.45) is -0.277. The summed E-state index contributed by atoms with van der Waals surface area (Å²) in [5.74, 6) is -0.0968. The normalized spacial score (nSPS) is 14.8. The van der Waals surface area contributed by atoms with Gasteiger partial charge in [0.2, 0.25) is 0 Å². The summed E-state index contributed by atoms with van der Waals surface area (Å²) in [4.78, 5) is 27.7. The van der Waals surface area contributed by atoms with E-state index in [1.54, 1.807) is 11.3 Å². The predicted molar refractivity (Wildman–Crippen MR) is 144 cm³/mol. The highest BCUT2D eigenvalue weighted by atomic mass is 35.5. The first kappa shape index (κ1) is 24.7. The zero-order valence-corrected chi connectivity index (χ0v) is 22.5. The molecular formula is C27H29ClN4O3S. The number of H-pyrrole nitrogens is 1. The van der Waals surface area contributed by atoms with Crippen LogP contribution in [0.25, 0.3) is 21.3 Å². The van der Waals surface area contributed by atoms with Crippen LogP contribution in [-0.4, -0.2) is 38.2 Å². The highest BCUT2D eigenvalue weighted by Crippen LogP contribution is 2.44. The van der Waals surface area contributed by atoms with Gasteiger partial charge in [0, 0.05) is 29.1 Å². The summed E-state index contributed by atoms with van der Waals surface area (Å²) >= 11 is 7.77. The average molecular weight is 525 g/mol. The van der Waals surface area contributed by atoms with Gasteiger partial charge in [-0.15, -0.1) is 0 Å². The van der Waals surface area contributed by atoms with Gasteiger partial charge in [0.1, 0.15) is 5.82 Å². The molecule has 1 aliphatic heterocycles. The Kier molecular flexibility index (Phi) is 6.31. The van der Waals surface area contributed by atoms with Gasteiger partial charge in [0.05, 0.1) is 33.8 Å². The molecule has 0 saturated heterocycles. The molecule has 36 heavy (non-hydrogen) atoms. The molecule has 0 aliphatic carbocycles. The fourth-order valence-corrected chi connectivity index (χ4v) is 6.04. The zero-order chi connectivity index (χ0) is 25.8. The second kappa shape index (κ2) is 9.18. The van der Waals surface area contributed by atoms with Crippen molar-refractivity contribution in [2.45, 2.75) is 59.3 Å². The maximum atomic E-state index is 12.5. The van der Waals surface area contributed by atoms with Crippen LogP contribution >= 0.6 is 22.9 Å². The molecule has 0 fully saturated rings. The van der Waals surface area contributed by atoms with Crippen LogP contribution in [0, 0.1) is 13.8 Å². The number of anilines is 1. The van der Waals surface area contributed by atoms with Crippen molar-refractivity contribution >= 4 is 44.3 Å². The number of carbonyl (C=O) groups is 1. The Morgan fingerprint density at radius 1 is 1.22 bits per heavy atom. The molecule has 1 atom stereocenters. The summed E-state index contributed by atoms with van der Waals surface area (Å²) in [7, 11) is 0. The van der Waals surface area contributed by atoms with Gasteiger partial charge in [-0.05, 0) is 63.9 Å². The first-order valence-corrected chi connectivity index (χ1v) is 13.1. The molecule has 0 saturated carbocycles. The van der Waals surface area contributed by atoms with Gasteiger partial charge in [0.15, 0.2) is 11.2 Å². The van der Waals surface area contributed by atoms with E-state index in [-0.39, 0.29) is 0 Å². The molecule has 2 aromatic heterocycles. The molecule has 5 rings (SSSR count). The van der Waals surface area contributed by atoms with Crippen LogP contribution < -0.4 is 4.90 Å². The molecule has 1 aliphatic rings. The lowest BCUT2D eigenvalue weighted by Gasteiger charge is -2.28. The number of hydrogen-bond donors (Lipinski definition) is 2. The number of aryl methyl sites for hydroxylation is 2. The molecule has 7 nitrogen and oxygen atoms in total. The van der Waals surface area contributed by atoms with Crippen molar-refractivity contribution in [3.8, 4) is 11.1 Å². The number of fused-ring (bicyclic) bond motifs is 2. The van der Waals surface area contributed by atoms with Crippen LogP contribution in [0.5, 0.6) is 0 Å².